The Bertz CT molecular complexity index is 1440. The topological polar surface area (TPSA) is 105 Å². The molecule has 2 aromatic rings. The van der Waals surface area contributed by atoms with Crippen LogP contribution in [0.2, 0.25) is 5.02 Å². The second-order valence-corrected chi connectivity index (χ2v) is 10.1. The minimum atomic E-state index is -0.661. The van der Waals surface area contributed by atoms with Crippen molar-refractivity contribution >= 4 is 40.7 Å². The van der Waals surface area contributed by atoms with E-state index in [2.05, 4.69) is 0 Å². The van der Waals surface area contributed by atoms with Gasteiger partial charge in [-0.2, -0.15) is 0 Å². The number of hydrogen-bond donors (Lipinski definition) is 1. The van der Waals surface area contributed by atoms with Crippen molar-refractivity contribution in [3.63, 3.8) is 0 Å². The van der Waals surface area contributed by atoms with Crippen LogP contribution in [0.15, 0.2) is 75.3 Å². The summed E-state index contributed by atoms with van der Waals surface area (Å²) in [6.07, 6.45) is 3.83. The van der Waals surface area contributed by atoms with E-state index >= 15 is 0 Å². The number of aliphatic hydroxyl groups is 1. The Labute approximate surface area is 211 Å². The number of amides is 2. The molecule has 2 amide bonds. The number of halogens is 1. The van der Waals surface area contributed by atoms with Gasteiger partial charge in [0, 0.05) is 21.7 Å². The van der Waals surface area contributed by atoms with Crippen molar-refractivity contribution in [2.45, 2.75) is 32.3 Å². The van der Waals surface area contributed by atoms with Gasteiger partial charge in [0.05, 0.1) is 23.4 Å². The lowest BCUT2D eigenvalue weighted by Crippen LogP contribution is -2.39. The van der Waals surface area contributed by atoms with E-state index in [1.54, 1.807) is 43.3 Å². The van der Waals surface area contributed by atoms with Gasteiger partial charge in [-0.3, -0.25) is 24.1 Å². The maximum absolute atomic E-state index is 13.8. The first-order valence-electron chi connectivity index (χ1n) is 11.8. The van der Waals surface area contributed by atoms with Gasteiger partial charge >= 0.3 is 0 Å². The third-order valence-corrected chi connectivity index (χ3v) is 8.02. The van der Waals surface area contributed by atoms with Crippen LogP contribution >= 0.6 is 11.6 Å². The predicted octanol–water partition coefficient (Wildman–Crippen LogP) is 4.06. The maximum atomic E-state index is 13.8. The van der Waals surface area contributed by atoms with Crippen LogP contribution in [-0.2, 0) is 25.8 Å². The van der Waals surface area contributed by atoms with Gasteiger partial charge in [-0.15, -0.1) is 0 Å². The van der Waals surface area contributed by atoms with E-state index in [-0.39, 0.29) is 36.4 Å². The third-order valence-electron chi connectivity index (χ3n) is 7.77. The van der Waals surface area contributed by atoms with Crippen molar-refractivity contribution in [3.05, 3.63) is 87.4 Å². The summed E-state index contributed by atoms with van der Waals surface area (Å²) in [6, 6.07) is 9.88. The number of anilines is 1. The highest BCUT2D eigenvalue weighted by molar-refractivity contribution is 6.31. The van der Waals surface area contributed by atoms with Gasteiger partial charge in [-0.05, 0) is 68.2 Å². The van der Waals surface area contributed by atoms with Gasteiger partial charge in [0.1, 0.15) is 18.1 Å². The molecule has 6 rings (SSSR count). The fraction of sp³-hybridized carbons (Fsp3) is 0.286. The number of fused-ring (bicyclic) bond motifs is 3. The SMILES string of the molecule is CC1=CC(=O)C2=C(CC3C(=CCC4C(=O)N(c5ccc(Cl)cc5)C(=O)C43)C2c2ccc(CO)o2)C1=O. The van der Waals surface area contributed by atoms with Crippen molar-refractivity contribution in [1.29, 1.82) is 0 Å². The first-order chi connectivity index (χ1) is 17.3. The fourth-order valence-corrected chi connectivity index (χ4v) is 6.31. The summed E-state index contributed by atoms with van der Waals surface area (Å²) in [6.45, 7) is 1.30. The molecule has 3 aliphatic carbocycles. The van der Waals surface area contributed by atoms with Crippen LogP contribution in [-0.4, -0.2) is 28.5 Å². The highest BCUT2D eigenvalue weighted by Gasteiger charge is 2.57. The molecular weight excluding hydrogens is 482 g/mol. The number of furan rings is 1. The second kappa shape index (κ2) is 8.25. The van der Waals surface area contributed by atoms with E-state index in [4.69, 9.17) is 16.0 Å². The molecule has 0 radical (unpaired) electrons. The number of hydrogen-bond acceptors (Lipinski definition) is 6. The Hall–Kier alpha value is -3.55. The molecule has 1 aliphatic heterocycles. The smallest absolute Gasteiger partial charge is 0.238 e. The molecule has 0 bridgehead atoms. The maximum Gasteiger partial charge on any atom is 0.238 e. The molecule has 36 heavy (non-hydrogen) atoms. The van der Waals surface area contributed by atoms with Gasteiger partial charge < -0.3 is 9.52 Å². The molecule has 182 valence electrons. The summed E-state index contributed by atoms with van der Waals surface area (Å²) in [7, 11) is 0. The van der Waals surface area contributed by atoms with Crippen LogP contribution in [0.1, 0.15) is 37.2 Å². The lowest BCUT2D eigenvalue weighted by molar-refractivity contribution is -0.123. The van der Waals surface area contributed by atoms with Gasteiger partial charge in [0.2, 0.25) is 11.8 Å². The standard InChI is InChI=1S/C28H22ClNO6/c1-13-10-21(32)24-20(26(13)33)11-19-17(25(24)22-9-6-16(12-31)36-22)7-8-18-23(19)28(35)30(27(18)34)15-4-2-14(29)3-5-15/h2-7,9-10,18-19,23,25,31H,8,11-12H2,1H3. The number of allylic oxidation sites excluding steroid dienone is 6. The summed E-state index contributed by atoms with van der Waals surface area (Å²) >= 11 is 6.00. The van der Waals surface area contributed by atoms with Gasteiger partial charge in [-0.1, -0.05) is 23.3 Å². The molecule has 0 saturated carbocycles. The van der Waals surface area contributed by atoms with E-state index in [9.17, 15) is 24.3 Å². The number of benzene rings is 1. The molecule has 8 heteroatoms. The number of Topliss-reactive ketones (excluding diaryl/α,β-unsaturated/α-hetero) is 1. The number of carbonyl (C=O) groups is 4. The van der Waals surface area contributed by atoms with Crippen molar-refractivity contribution in [1.82, 2.24) is 0 Å². The summed E-state index contributed by atoms with van der Waals surface area (Å²) in [5.41, 5.74) is 2.35. The average Bonchev–Trinajstić information content (AvgIpc) is 3.44. The second-order valence-electron chi connectivity index (χ2n) is 9.68. The fourth-order valence-electron chi connectivity index (χ4n) is 6.19. The number of aliphatic hydroxyl groups excluding tert-OH is 1. The lowest BCUT2D eigenvalue weighted by atomic mass is 9.60. The normalized spacial score (nSPS) is 27.6. The van der Waals surface area contributed by atoms with E-state index in [1.807, 2.05) is 6.08 Å². The van der Waals surface area contributed by atoms with Crippen LogP contribution in [0.5, 0.6) is 0 Å². The van der Waals surface area contributed by atoms with Gasteiger partial charge in [-0.25, -0.2) is 0 Å². The van der Waals surface area contributed by atoms with Gasteiger partial charge in [0.25, 0.3) is 0 Å². The van der Waals surface area contributed by atoms with Crippen LogP contribution < -0.4 is 4.90 Å². The van der Waals surface area contributed by atoms with Crippen molar-refractivity contribution in [2.75, 3.05) is 4.90 Å². The Morgan fingerprint density at radius 3 is 2.47 bits per heavy atom. The Morgan fingerprint density at radius 2 is 1.78 bits per heavy atom. The summed E-state index contributed by atoms with van der Waals surface area (Å²) < 4.78 is 5.86. The zero-order valence-corrected chi connectivity index (χ0v) is 20.1. The molecule has 0 spiro atoms. The lowest BCUT2D eigenvalue weighted by Gasteiger charge is -2.41. The monoisotopic (exact) mass is 503 g/mol. The number of imide groups is 1. The quantitative estimate of drug-likeness (QED) is 0.385. The molecule has 1 fully saturated rings. The number of rotatable bonds is 3. The zero-order chi connectivity index (χ0) is 25.3. The van der Waals surface area contributed by atoms with Crippen LogP contribution in [0.4, 0.5) is 5.69 Å². The largest absolute Gasteiger partial charge is 0.463 e. The predicted molar refractivity (Wildman–Crippen MR) is 130 cm³/mol. The third kappa shape index (κ3) is 3.23. The van der Waals surface area contributed by atoms with E-state index in [0.29, 0.717) is 45.4 Å². The summed E-state index contributed by atoms with van der Waals surface area (Å²) in [5.74, 6) is -2.62. The van der Waals surface area contributed by atoms with Crippen molar-refractivity contribution < 1.29 is 28.7 Å². The minimum Gasteiger partial charge on any atom is -0.463 e. The number of ketones is 2. The Kier molecular flexibility index (Phi) is 5.24. The molecule has 1 aromatic heterocycles. The van der Waals surface area contributed by atoms with E-state index < -0.39 is 23.7 Å². The zero-order valence-electron chi connectivity index (χ0n) is 19.4. The molecular formula is C28H22ClNO6. The molecule has 4 aliphatic rings. The molecule has 4 unspecified atom stereocenters. The van der Waals surface area contributed by atoms with Crippen molar-refractivity contribution in [3.8, 4) is 0 Å². The number of nitrogens with zero attached hydrogens (tertiary/aromatic N) is 1. The Morgan fingerprint density at radius 1 is 1.03 bits per heavy atom. The molecule has 1 N–H and O–H groups in total. The van der Waals surface area contributed by atoms with Gasteiger partial charge in [0.15, 0.2) is 11.6 Å². The molecule has 7 nitrogen and oxygen atoms in total. The van der Waals surface area contributed by atoms with Crippen molar-refractivity contribution in [2.24, 2.45) is 17.8 Å². The van der Waals surface area contributed by atoms with E-state index in [0.717, 1.165) is 5.57 Å². The highest BCUT2D eigenvalue weighted by Crippen LogP contribution is 2.55. The number of carbonyl (C=O) groups excluding carboxylic acids is 4. The van der Waals surface area contributed by atoms with Crippen LogP contribution in [0.25, 0.3) is 0 Å². The Balaban J connectivity index is 1.47. The first-order valence-corrected chi connectivity index (χ1v) is 12.2. The molecule has 4 atom stereocenters. The molecule has 1 saturated heterocycles. The van der Waals surface area contributed by atoms with Crippen LogP contribution in [0, 0.1) is 17.8 Å². The highest BCUT2D eigenvalue weighted by atomic mass is 35.5. The molecule has 1 aromatic carbocycles. The van der Waals surface area contributed by atoms with E-state index in [1.165, 1.54) is 11.0 Å². The van der Waals surface area contributed by atoms with Crippen LogP contribution in [0.3, 0.4) is 0 Å². The first kappa shape index (κ1) is 22.9. The summed E-state index contributed by atoms with van der Waals surface area (Å²) in [4.78, 5) is 54.8. The summed E-state index contributed by atoms with van der Waals surface area (Å²) in [5, 5.41) is 10.0. The average molecular weight is 504 g/mol. The molecule has 2 heterocycles. The minimum absolute atomic E-state index is 0.204.